The van der Waals surface area contributed by atoms with E-state index in [0.717, 1.165) is 24.9 Å². The number of hydrogen-bond donors (Lipinski definition) is 2. The monoisotopic (exact) mass is 338 g/mol. The van der Waals surface area contributed by atoms with E-state index < -0.39 is 0 Å². The SMILES string of the molecule is CCc1ccccc1Nc1cc(C(=O)NC2CCCCC2)nc(C)n1. The number of para-hydroxylation sites is 1. The van der Waals surface area contributed by atoms with Crippen LogP contribution in [0.4, 0.5) is 11.5 Å². The van der Waals surface area contributed by atoms with E-state index in [0.29, 0.717) is 17.3 Å². The number of benzene rings is 1. The molecule has 1 amide bonds. The second-order valence-electron chi connectivity index (χ2n) is 6.63. The van der Waals surface area contributed by atoms with E-state index in [1.165, 1.54) is 24.8 Å². The number of carbonyl (C=O) groups excluding carboxylic acids is 1. The lowest BCUT2D eigenvalue weighted by atomic mass is 9.95. The Labute approximate surface area is 149 Å². The minimum atomic E-state index is -0.107. The van der Waals surface area contributed by atoms with E-state index in [1.807, 2.05) is 25.1 Å². The van der Waals surface area contributed by atoms with Crippen LogP contribution in [0.2, 0.25) is 0 Å². The first-order chi connectivity index (χ1) is 12.2. The maximum atomic E-state index is 12.6. The third-order valence-electron chi connectivity index (χ3n) is 4.67. The number of nitrogens with zero attached hydrogens (tertiary/aromatic N) is 2. The maximum Gasteiger partial charge on any atom is 0.270 e. The van der Waals surface area contributed by atoms with Gasteiger partial charge in [0.2, 0.25) is 0 Å². The quantitative estimate of drug-likeness (QED) is 0.859. The van der Waals surface area contributed by atoms with Crippen LogP contribution < -0.4 is 10.6 Å². The molecule has 1 fully saturated rings. The zero-order chi connectivity index (χ0) is 17.6. The van der Waals surface area contributed by atoms with E-state index in [-0.39, 0.29) is 11.9 Å². The Morgan fingerprint density at radius 3 is 2.68 bits per heavy atom. The Balaban J connectivity index is 1.76. The first kappa shape index (κ1) is 17.4. The molecule has 1 aromatic carbocycles. The van der Waals surface area contributed by atoms with Gasteiger partial charge in [0.25, 0.3) is 5.91 Å². The summed E-state index contributed by atoms with van der Waals surface area (Å²) in [5.74, 6) is 1.14. The topological polar surface area (TPSA) is 66.9 Å². The molecule has 3 rings (SSSR count). The minimum Gasteiger partial charge on any atom is -0.348 e. The lowest BCUT2D eigenvalue weighted by molar-refractivity contribution is 0.0922. The van der Waals surface area contributed by atoms with Crippen molar-refractivity contribution in [1.29, 1.82) is 0 Å². The van der Waals surface area contributed by atoms with Gasteiger partial charge < -0.3 is 10.6 Å². The average molecular weight is 338 g/mol. The van der Waals surface area contributed by atoms with Crippen LogP contribution in [0.25, 0.3) is 0 Å². The number of aromatic nitrogens is 2. The van der Waals surface area contributed by atoms with Gasteiger partial charge in [0, 0.05) is 17.8 Å². The van der Waals surface area contributed by atoms with Gasteiger partial charge in [-0.25, -0.2) is 9.97 Å². The van der Waals surface area contributed by atoms with Crippen LogP contribution in [-0.2, 0) is 6.42 Å². The molecule has 2 N–H and O–H groups in total. The molecule has 0 radical (unpaired) electrons. The molecular formula is C20H26N4O. The maximum absolute atomic E-state index is 12.6. The molecule has 0 aliphatic heterocycles. The van der Waals surface area contributed by atoms with Crippen molar-refractivity contribution in [3.63, 3.8) is 0 Å². The number of hydrogen-bond acceptors (Lipinski definition) is 4. The summed E-state index contributed by atoms with van der Waals surface area (Å²) in [4.78, 5) is 21.3. The van der Waals surface area contributed by atoms with E-state index >= 15 is 0 Å². The van der Waals surface area contributed by atoms with Crippen molar-refractivity contribution in [2.24, 2.45) is 0 Å². The van der Waals surface area contributed by atoms with Crippen molar-refractivity contribution < 1.29 is 4.79 Å². The molecule has 0 spiro atoms. The predicted molar refractivity (Wildman–Crippen MR) is 100 cm³/mol. The minimum absolute atomic E-state index is 0.107. The van der Waals surface area contributed by atoms with Crippen LogP contribution in [0.5, 0.6) is 0 Å². The number of aryl methyl sites for hydroxylation is 2. The molecule has 1 saturated carbocycles. The highest BCUT2D eigenvalue weighted by Gasteiger charge is 2.18. The van der Waals surface area contributed by atoms with Crippen LogP contribution in [-0.4, -0.2) is 21.9 Å². The van der Waals surface area contributed by atoms with Crippen molar-refractivity contribution in [1.82, 2.24) is 15.3 Å². The summed E-state index contributed by atoms with van der Waals surface area (Å²) in [5.41, 5.74) is 2.66. The molecule has 0 saturated heterocycles. The molecule has 1 aliphatic carbocycles. The Morgan fingerprint density at radius 2 is 1.92 bits per heavy atom. The van der Waals surface area contributed by atoms with Gasteiger partial charge in [-0.05, 0) is 37.8 Å². The van der Waals surface area contributed by atoms with Gasteiger partial charge in [0.05, 0.1) is 0 Å². The molecule has 132 valence electrons. The number of rotatable bonds is 5. The zero-order valence-electron chi connectivity index (χ0n) is 15.0. The number of anilines is 2. The van der Waals surface area contributed by atoms with Gasteiger partial charge in [-0.3, -0.25) is 4.79 Å². The van der Waals surface area contributed by atoms with Crippen molar-refractivity contribution >= 4 is 17.4 Å². The summed E-state index contributed by atoms with van der Waals surface area (Å²) in [6, 6.07) is 10.1. The van der Waals surface area contributed by atoms with Gasteiger partial charge in [0.1, 0.15) is 17.3 Å². The highest BCUT2D eigenvalue weighted by molar-refractivity contribution is 5.93. The lowest BCUT2D eigenvalue weighted by Gasteiger charge is -2.22. The summed E-state index contributed by atoms with van der Waals surface area (Å²) >= 11 is 0. The summed E-state index contributed by atoms with van der Waals surface area (Å²) in [6.07, 6.45) is 6.70. The van der Waals surface area contributed by atoms with E-state index in [2.05, 4.69) is 33.6 Å². The number of carbonyl (C=O) groups is 1. The van der Waals surface area contributed by atoms with Crippen molar-refractivity contribution in [2.45, 2.75) is 58.4 Å². The smallest absolute Gasteiger partial charge is 0.270 e. The van der Waals surface area contributed by atoms with Crippen LogP contribution in [0.3, 0.4) is 0 Å². The molecule has 25 heavy (non-hydrogen) atoms. The first-order valence-electron chi connectivity index (χ1n) is 9.17. The van der Waals surface area contributed by atoms with E-state index in [9.17, 15) is 4.79 Å². The van der Waals surface area contributed by atoms with Crippen molar-refractivity contribution in [3.05, 3.63) is 47.4 Å². The molecule has 1 aromatic heterocycles. The highest BCUT2D eigenvalue weighted by atomic mass is 16.1. The third-order valence-corrected chi connectivity index (χ3v) is 4.67. The predicted octanol–water partition coefficient (Wildman–Crippen LogP) is 4.15. The summed E-state index contributed by atoms with van der Waals surface area (Å²) < 4.78 is 0. The Hall–Kier alpha value is -2.43. The third kappa shape index (κ3) is 4.56. The van der Waals surface area contributed by atoms with Gasteiger partial charge in [0.15, 0.2) is 0 Å². The molecule has 5 nitrogen and oxygen atoms in total. The summed E-state index contributed by atoms with van der Waals surface area (Å²) in [6.45, 7) is 3.93. The molecule has 0 atom stereocenters. The van der Waals surface area contributed by atoms with Crippen LogP contribution in [0, 0.1) is 6.92 Å². The highest BCUT2D eigenvalue weighted by Crippen LogP contribution is 2.21. The first-order valence-corrected chi connectivity index (χ1v) is 9.17. The Kier molecular flexibility index (Phi) is 5.64. The second-order valence-corrected chi connectivity index (χ2v) is 6.63. The molecule has 1 aliphatic rings. The Bertz CT molecular complexity index is 738. The average Bonchev–Trinajstić information content (AvgIpc) is 2.62. The molecule has 0 bridgehead atoms. The molecule has 0 unspecified atom stereocenters. The molecule has 5 heteroatoms. The summed E-state index contributed by atoms with van der Waals surface area (Å²) in [7, 11) is 0. The van der Waals surface area contributed by atoms with Crippen molar-refractivity contribution in [2.75, 3.05) is 5.32 Å². The standard InChI is InChI=1S/C20H26N4O/c1-3-15-9-7-8-12-17(15)24-19-13-18(21-14(2)22-19)20(25)23-16-10-5-4-6-11-16/h7-9,12-13,16H,3-6,10-11H2,1-2H3,(H,23,25)(H,21,22,24). The molecule has 2 aromatic rings. The normalized spacial score (nSPS) is 15.0. The van der Waals surface area contributed by atoms with Crippen LogP contribution in [0.15, 0.2) is 30.3 Å². The van der Waals surface area contributed by atoms with Crippen LogP contribution >= 0.6 is 0 Å². The Morgan fingerprint density at radius 1 is 1.16 bits per heavy atom. The number of nitrogens with one attached hydrogen (secondary N) is 2. The second kappa shape index (κ2) is 8.10. The fraction of sp³-hybridized carbons (Fsp3) is 0.450. The molecular weight excluding hydrogens is 312 g/mol. The van der Waals surface area contributed by atoms with E-state index in [1.54, 1.807) is 6.07 Å². The largest absolute Gasteiger partial charge is 0.348 e. The van der Waals surface area contributed by atoms with Gasteiger partial charge in [-0.1, -0.05) is 44.4 Å². The fourth-order valence-corrected chi connectivity index (χ4v) is 3.34. The van der Waals surface area contributed by atoms with E-state index in [4.69, 9.17) is 0 Å². The zero-order valence-corrected chi connectivity index (χ0v) is 15.0. The van der Waals surface area contributed by atoms with Gasteiger partial charge >= 0.3 is 0 Å². The van der Waals surface area contributed by atoms with Crippen LogP contribution in [0.1, 0.15) is 60.9 Å². The molecule has 1 heterocycles. The summed E-state index contributed by atoms with van der Waals surface area (Å²) in [5, 5.41) is 6.45. The fourth-order valence-electron chi connectivity index (χ4n) is 3.34. The number of amides is 1. The van der Waals surface area contributed by atoms with Gasteiger partial charge in [-0.15, -0.1) is 0 Å². The lowest BCUT2D eigenvalue weighted by Crippen LogP contribution is -2.36. The van der Waals surface area contributed by atoms with Gasteiger partial charge in [-0.2, -0.15) is 0 Å². The van der Waals surface area contributed by atoms with Crippen molar-refractivity contribution in [3.8, 4) is 0 Å².